The molecule has 1 aliphatic rings. The van der Waals surface area contributed by atoms with Gasteiger partial charge in [0.25, 0.3) is 0 Å². The van der Waals surface area contributed by atoms with E-state index in [1.54, 1.807) is 18.0 Å². The van der Waals surface area contributed by atoms with Crippen molar-refractivity contribution in [1.29, 1.82) is 0 Å². The van der Waals surface area contributed by atoms with Gasteiger partial charge in [-0.2, -0.15) is 5.10 Å². The van der Waals surface area contributed by atoms with Gasteiger partial charge in [-0.05, 0) is 46.7 Å². The molecule has 104 valence electrons. The minimum absolute atomic E-state index is 0.0902. The van der Waals surface area contributed by atoms with E-state index < -0.39 is 0 Å². The average molecular weight is 327 g/mol. The maximum absolute atomic E-state index is 12.6. The molecule has 1 aromatic rings. The van der Waals surface area contributed by atoms with Crippen molar-refractivity contribution in [2.24, 2.45) is 5.92 Å². The van der Waals surface area contributed by atoms with E-state index in [0.29, 0.717) is 24.8 Å². The fraction of sp³-hybridized carbons (Fsp3) is 0.571. The lowest BCUT2D eigenvalue weighted by atomic mass is 9.88. The fourth-order valence-electron chi connectivity index (χ4n) is 2.26. The maximum atomic E-state index is 12.6. The highest BCUT2D eigenvalue weighted by molar-refractivity contribution is 9.10. The first-order valence-electron chi connectivity index (χ1n) is 6.57. The Kier molecular flexibility index (Phi) is 4.93. The lowest BCUT2D eigenvalue weighted by molar-refractivity contribution is 0.101. The van der Waals surface area contributed by atoms with Gasteiger partial charge in [-0.25, -0.2) is 0 Å². The van der Waals surface area contributed by atoms with Crippen molar-refractivity contribution in [2.75, 3.05) is 13.7 Å². The van der Waals surface area contributed by atoms with Crippen molar-refractivity contribution >= 4 is 21.7 Å². The summed E-state index contributed by atoms with van der Waals surface area (Å²) in [6.07, 6.45) is 6.69. The molecule has 0 bridgehead atoms. The zero-order valence-electron chi connectivity index (χ0n) is 11.4. The molecule has 1 heterocycles. The number of Topliss-reactive ketones (excluding diaryl/α,β-unsaturated/α-hetero) is 1. The number of ketones is 1. The van der Waals surface area contributed by atoms with Crippen molar-refractivity contribution in [3.63, 3.8) is 0 Å². The van der Waals surface area contributed by atoms with Crippen LogP contribution < -0.4 is 0 Å². The van der Waals surface area contributed by atoms with Gasteiger partial charge in [0.2, 0.25) is 5.78 Å². The molecule has 0 aromatic carbocycles. The monoisotopic (exact) mass is 326 g/mol. The van der Waals surface area contributed by atoms with E-state index in [1.807, 2.05) is 0 Å². The average Bonchev–Trinajstić information content (AvgIpc) is 2.77. The van der Waals surface area contributed by atoms with Gasteiger partial charge in [0.05, 0.1) is 23.8 Å². The van der Waals surface area contributed by atoms with E-state index in [-0.39, 0.29) is 5.78 Å². The van der Waals surface area contributed by atoms with Crippen LogP contribution in [-0.4, -0.2) is 29.3 Å². The third-order valence-electron chi connectivity index (χ3n) is 3.48. The van der Waals surface area contributed by atoms with E-state index in [2.05, 4.69) is 34.0 Å². The first-order valence-corrected chi connectivity index (χ1v) is 7.36. The van der Waals surface area contributed by atoms with Crippen LogP contribution in [0.25, 0.3) is 0 Å². The number of methoxy groups -OCH3 is 1. The van der Waals surface area contributed by atoms with Crippen molar-refractivity contribution in [3.8, 4) is 0 Å². The van der Waals surface area contributed by atoms with Crippen molar-refractivity contribution in [1.82, 2.24) is 9.78 Å². The normalized spacial score (nSPS) is 19.3. The van der Waals surface area contributed by atoms with Crippen LogP contribution in [0.2, 0.25) is 0 Å². The number of halogens is 1. The molecule has 0 saturated carbocycles. The SMILES string of the molecule is COCCn1ncc(Br)c1C(=O)C1=CCC(C)CC1. The third-order valence-corrected chi connectivity index (χ3v) is 4.06. The summed E-state index contributed by atoms with van der Waals surface area (Å²) < 4.78 is 7.52. The molecule has 1 aliphatic carbocycles. The highest BCUT2D eigenvalue weighted by atomic mass is 79.9. The van der Waals surface area contributed by atoms with Crippen LogP contribution in [0.1, 0.15) is 36.7 Å². The number of aromatic nitrogens is 2. The van der Waals surface area contributed by atoms with Crippen molar-refractivity contribution in [2.45, 2.75) is 32.7 Å². The topological polar surface area (TPSA) is 44.1 Å². The number of hydrogen-bond acceptors (Lipinski definition) is 3. The Morgan fingerprint density at radius 3 is 3.05 bits per heavy atom. The zero-order valence-corrected chi connectivity index (χ0v) is 12.9. The molecule has 19 heavy (non-hydrogen) atoms. The molecule has 1 aromatic heterocycles. The molecular formula is C14H19BrN2O2. The van der Waals surface area contributed by atoms with Gasteiger partial charge < -0.3 is 4.74 Å². The second kappa shape index (κ2) is 6.48. The molecule has 0 saturated heterocycles. The second-order valence-electron chi connectivity index (χ2n) is 5.00. The molecule has 0 amide bonds. The van der Waals surface area contributed by atoms with Crippen LogP contribution in [0.15, 0.2) is 22.3 Å². The predicted octanol–water partition coefficient (Wildman–Crippen LogP) is 3.22. The molecule has 5 heteroatoms. The van der Waals surface area contributed by atoms with Crippen LogP contribution in [-0.2, 0) is 11.3 Å². The minimum atomic E-state index is 0.0902. The van der Waals surface area contributed by atoms with Crippen LogP contribution in [0.3, 0.4) is 0 Å². The first kappa shape index (κ1) is 14.5. The number of nitrogens with zero attached hydrogens (tertiary/aromatic N) is 2. The standard InChI is InChI=1S/C14H19BrN2O2/c1-10-3-5-11(6-4-10)14(18)13-12(15)9-16-17(13)7-8-19-2/h5,9-10H,3-4,6-8H2,1-2H3. The number of allylic oxidation sites excluding steroid dienone is 2. The van der Waals surface area contributed by atoms with E-state index in [1.165, 1.54) is 0 Å². The van der Waals surface area contributed by atoms with Gasteiger partial charge in [0, 0.05) is 7.11 Å². The molecule has 4 nitrogen and oxygen atoms in total. The smallest absolute Gasteiger partial charge is 0.207 e. The van der Waals surface area contributed by atoms with Crippen LogP contribution in [0.4, 0.5) is 0 Å². The van der Waals surface area contributed by atoms with Gasteiger partial charge in [-0.1, -0.05) is 13.0 Å². The highest BCUT2D eigenvalue weighted by Gasteiger charge is 2.23. The summed E-state index contributed by atoms with van der Waals surface area (Å²) in [5.74, 6) is 0.769. The maximum Gasteiger partial charge on any atom is 0.207 e. The highest BCUT2D eigenvalue weighted by Crippen LogP contribution is 2.27. The molecule has 1 unspecified atom stereocenters. The van der Waals surface area contributed by atoms with Crippen LogP contribution in [0.5, 0.6) is 0 Å². The molecule has 2 rings (SSSR count). The number of carbonyl (C=O) groups is 1. The fourth-order valence-corrected chi connectivity index (χ4v) is 2.74. The lowest BCUT2D eigenvalue weighted by Gasteiger charge is -2.17. The molecular weight excluding hydrogens is 308 g/mol. The van der Waals surface area contributed by atoms with Gasteiger partial charge in [0.1, 0.15) is 5.69 Å². The Morgan fingerprint density at radius 2 is 2.42 bits per heavy atom. The molecule has 0 spiro atoms. The molecule has 0 fully saturated rings. The van der Waals surface area contributed by atoms with Crippen LogP contribution in [0, 0.1) is 5.92 Å². The minimum Gasteiger partial charge on any atom is -0.383 e. The zero-order chi connectivity index (χ0) is 13.8. The molecule has 0 N–H and O–H groups in total. The Balaban J connectivity index is 2.21. The van der Waals surface area contributed by atoms with Gasteiger partial charge in [-0.3, -0.25) is 9.48 Å². The second-order valence-corrected chi connectivity index (χ2v) is 5.85. The number of rotatable bonds is 5. The molecule has 0 aliphatic heterocycles. The Bertz CT molecular complexity index is 494. The third kappa shape index (κ3) is 3.34. The Labute approximate surface area is 122 Å². The number of ether oxygens (including phenoxy) is 1. The number of carbonyl (C=O) groups excluding carboxylic acids is 1. The predicted molar refractivity (Wildman–Crippen MR) is 77.2 cm³/mol. The summed E-state index contributed by atoms with van der Waals surface area (Å²) in [6.45, 7) is 3.36. The Morgan fingerprint density at radius 1 is 1.63 bits per heavy atom. The quantitative estimate of drug-likeness (QED) is 0.780. The van der Waals surface area contributed by atoms with Gasteiger partial charge in [-0.15, -0.1) is 0 Å². The van der Waals surface area contributed by atoms with Crippen molar-refractivity contribution in [3.05, 3.63) is 28.0 Å². The number of hydrogen-bond donors (Lipinski definition) is 0. The van der Waals surface area contributed by atoms with Gasteiger partial charge >= 0.3 is 0 Å². The first-order chi connectivity index (χ1) is 9.13. The van der Waals surface area contributed by atoms with E-state index in [4.69, 9.17) is 4.74 Å². The summed E-state index contributed by atoms with van der Waals surface area (Å²) in [6, 6.07) is 0. The van der Waals surface area contributed by atoms with Crippen LogP contribution >= 0.6 is 15.9 Å². The summed E-state index contributed by atoms with van der Waals surface area (Å²) in [5, 5.41) is 4.23. The largest absolute Gasteiger partial charge is 0.383 e. The van der Waals surface area contributed by atoms with E-state index >= 15 is 0 Å². The van der Waals surface area contributed by atoms with E-state index in [9.17, 15) is 4.79 Å². The molecule has 0 radical (unpaired) electrons. The van der Waals surface area contributed by atoms with Gasteiger partial charge in [0.15, 0.2) is 0 Å². The summed E-state index contributed by atoms with van der Waals surface area (Å²) >= 11 is 3.42. The Hall–Kier alpha value is -0.940. The summed E-state index contributed by atoms with van der Waals surface area (Å²) in [4.78, 5) is 12.6. The van der Waals surface area contributed by atoms with Crippen molar-refractivity contribution < 1.29 is 9.53 Å². The lowest BCUT2D eigenvalue weighted by Crippen LogP contribution is -2.17. The summed E-state index contributed by atoms with van der Waals surface area (Å²) in [7, 11) is 1.64. The van der Waals surface area contributed by atoms with E-state index in [0.717, 1.165) is 29.3 Å². The summed E-state index contributed by atoms with van der Waals surface area (Å²) in [5.41, 5.74) is 1.55. The molecule has 1 atom stereocenters.